The van der Waals surface area contributed by atoms with Gasteiger partial charge in [0, 0.05) is 6.61 Å². The minimum absolute atomic E-state index is 0.324. The molecule has 0 amide bonds. The first-order valence-corrected chi connectivity index (χ1v) is 6.23. The highest BCUT2D eigenvalue weighted by atomic mass is 16.5. The van der Waals surface area contributed by atoms with Crippen molar-refractivity contribution in [3.05, 3.63) is 0 Å². The van der Waals surface area contributed by atoms with Crippen LogP contribution in [0.1, 0.15) is 51.4 Å². The lowest BCUT2D eigenvalue weighted by Gasteiger charge is -2.29. The van der Waals surface area contributed by atoms with Crippen LogP contribution in [-0.4, -0.2) is 34.6 Å². The third-order valence-electron chi connectivity index (χ3n) is 3.88. The summed E-state index contributed by atoms with van der Waals surface area (Å²) < 4.78 is 5.51. The minimum atomic E-state index is -0.793. The molecule has 2 N–H and O–H groups in total. The van der Waals surface area contributed by atoms with Crippen LogP contribution in [0.5, 0.6) is 0 Å². The second-order valence-corrected chi connectivity index (χ2v) is 5.04. The molecule has 0 aromatic carbocycles. The lowest BCUT2D eigenvalue weighted by Crippen LogP contribution is -2.39. The highest BCUT2D eigenvalue weighted by Gasteiger charge is 2.38. The van der Waals surface area contributed by atoms with Crippen molar-refractivity contribution in [2.75, 3.05) is 6.61 Å². The van der Waals surface area contributed by atoms with E-state index in [9.17, 15) is 10.2 Å². The Morgan fingerprint density at radius 2 is 2.00 bits per heavy atom. The van der Waals surface area contributed by atoms with Gasteiger partial charge < -0.3 is 14.9 Å². The van der Waals surface area contributed by atoms with Crippen LogP contribution in [0.2, 0.25) is 0 Å². The molecule has 2 aliphatic rings. The lowest BCUT2D eigenvalue weighted by molar-refractivity contribution is -0.0773. The Hall–Kier alpha value is -0.120. The molecule has 1 saturated carbocycles. The Kier molecular flexibility index (Phi) is 3.65. The average molecular weight is 214 g/mol. The highest BCUT2D eigenvalue weighted by molar-refractivity contribution is 4.91. The Morgan fingerprint density at radius 3 is 2.60 bits per heavy atom. The number of hydrogen-bond acceptors (Lipinski definition) is 3. The van der Waals surface area contributed by atoms with Crippen LogP contribution in [0.4, 0.5) is 0 Å². The summed E-state index contributed by atoms with van der Waals surface area (Å²) in [6.45, 7) is 0.866. The summed E-state index contributed by atoms with van der Waals surface area (Å²) in [6.07, 6.45) is 7.23. The summed E-state index contributed by atoms with van der Waals surface area (Å²) in [5, 5.41) is 20.1. The molecular weight excluding hydrogens is 192 g/mol. The fourth-order valence-electron chi connectivity index (χ4n) is 2.80. The number of aliphatic hydroxyl groups excluding tert-OH is 1. The summed E-state index contributed by atoms with van der Waals surface area (Å²) in [5.41, 5.74) is -0.793. The van der Waals surface area contributed by atoms with Gasteiger partial charge in [-0.2, -0.15) is 0 Å². The third kappa shape index (κ3) is 2.71. The lowest BCUT2D eigenvalue weighted by atomic mass is 9.90. The summed E-state index contributed by atoms with van der Waals surface area (Å²) in [7, 11) is 0. The first-order chi connectivity index (χ1) is 7.21. The van der Waals surface area contributed by atoms with E-state index in [0.29, 0.717) is 12.5 Å². The Labute approximate surface area is 91.4 Å². The molecule has 2 rings (SSSR count). The molecule has 0 aromatic rings. The van der Waals surface area contributed by atoms with Crippen LogP contribution in [0.3, 0.4) is 0 Å². The van der Waals surface area contributed by atoms with Crippen molar-refractivity contribution in [3.63, 3.8) is 0 Å². The molecule has 1 saturated heterocycles. The number of ether oxygens (including phenoxy) is 1. The molecule has 2 atom stereocenters. The van der Waals surface area contributed by atoms with E-state index in [1.807, 2.05) is 0 Å². The largest absolute Gasteiger partial charge is 0.390 e. The van der Waals surface area contributed by atoms with Gasteiger partial charge in [0.1, 0.15) is 0 Å². The van der Waals surface area contributed by atoms with Gasteiger partial charge in [0.25, 0.3) is 0 Å². The molecule has 0 radical (unpaired) electrons. The monoisotopic (exact) mass is 214 g/mol. The van der Waals surface area contributed by atoms with Crippen molar-refractivity contribution in [1.82, 2.24) is 0 Å². The van der Waals surface area contributed by atoms with Crippen LogP contribution in [0.25, 0.3) is 0 Å². The molecular formula is C12H22O3. The van der Waals surface area contributed by atoms with E-state index in [0.717, 1.165) is 51.6 Å². The van der Waals surface area contributed by atoms with E-state index < -0.39 is 11.7 Å². The van der Waals surface area contributed by atoms with Crippen molar-refractivity contribution in [2.24, 2.45) is 0 Å². The number of hydrogen-bond donors (Lipinski definition) is 2. The van der Waals surface area contributed by atoms with Gasteiger partial charge in [-0.3, -0.25) is 0 Å². The molecule has 15 heavy (non-hydrogen) atoms. The smallest absolute Gasteiger partial charge is 0.0905 e. The van der Waals surface area contributed by atoms with Gasteiger partial charge in [-0.25, -0.2) is 0 Å². The van der Waals surface area contributed by atoms with Crippen molar-refractivity contribution in [2.45, 2.75) is 69.2 Å². The first kappa shape index (κ1) is 11.4. The maximum atomic E-state index is 10.1. The van der Waals surface area contributed by atoms with Crippen LogP contribution < -0.4 is 0 Å². The summed E-state index contributed by atoms with van der Waals surface area (Å²) in [6, 6.07) is 0. The number of aliphatic hydroxyl groups is 2. The predicted molar refractivity (Wildman–Crippen MR) is 57.6 cm³/mol. The highest BCUT2D eigenvalue weighted by Crippen LogP contribution is 2.34. The SMILES string of the molecule is OC(CCC1CCCO1)C1(O)CCCC1. The second kappa shape index (κ2) is 4.81. The summed E-state index contributed by atoms with van der Waals surface area (Å²) >= 11 is 0. The standard InChI is InChI=1S/C12H22O3/c13-11(12(14)7-1-2-8-12)6-5-10-4-3-9-15-10/h10-11,13-14H,1-9H2. The normalized spacial score (nSPS) is 32.0. The zero-order valence-corrected chi connectivity index (χ0v) is 9.32. The van der Waals surface area contributed by atoms with E-state index >= 15 is 0 Å². The topological polar surface area (TPSA) is 49.7 Å². The fourth-order valence-corrected chi connectivity index (χ4v) is 2.80. The van der Waals surface area contributed by atoms with Crippen LogP contribution in [0.15, 0.2) is 0 Å². The van der Waals surface area contributed by atoms with Gasteiger partial charge in [-0.15, -0.1) is 0 Å². The Balaban J connectivity index is 1.73. The van der Waals surface area contributed by atoms with Crippen molar-refractivity contribution < 1.29 is 14.9 Å². The average Bonchev–Trinajstić information content (AvgIpc) is 2.85. The van der Waals surface area contributed by atoms with E-state index in [4.69, 9.17) is 4.74 Å². The summed E-state index contributed by atoms with van der Waals surface area (Å²) in [5.74, 6) is 0. The minimum Gasteiger partial charge on any atom is -0.390 e. The van der Waals surface area contributed by atoms with Crippen LogP contribution >= 0.6 is 0 Å². The third-order valence-corrected chi connectivity index (χ3v) is 3.88. The van der Waals surface area contributed by atoms with E-state index in [1.54, 1.807) is 0 Å². The van der Waals surface area contributed by atoms with E-state index in [2.05, 4.69) is 0 Å². The van der Waals surface area contributed by atoms with E-state index in [1.165, 1.54) is 0 Å². The molecule has 1 aliphatic heterocycles. The zero-order valence-electron chi connectivity index (χ0n) is 9.32. The van der Waals surface area contributed by atoms with Crippen molar-refractivity contribution in [3.8, 4) is 0 Å². The van der Waals surface area contributed by atoms with Gasteiger partial charge >= 0.3 is 0 Å². The second-order valence-electron chi connectivity index (χ2n) is 5.04. The fraction of sp³-hybridized carbons (Fsp3) is 1.00. The van der Waals surface area contributed by atoms with Gasteiger partial charge in [0.15, 0.2) is 0 Å². The maximum absolute atomic E-state index is 10.1. The molecule has 1 heterocycles. The van der Waals surface area contributed by atoms with Gasteiger partial charge in [-0.05, 0) is 38.5 Å². The van der Waals surface area contributed by atoms with Crippen LogP contribution in [0, 0.1) is 0 Å². The molecule has 88 valence electrons. The molecule has 1 aliphatic carbocycles. The zero-order chi connectivity index (χ0) is 10.7. The first-order valence-electron chi connectivity index (χ1n) is 6.23. The van der Waals surface area contributed by atoms with E-state index in [-0.39, 0.29) is 0 Å². The van der Waals surface area contributed by atoms with Crippen molar-refractivity contribution >= 4 is 0 Å². The molecule has 0 spiro atoms. The predicted octanol–water partition coefficient (Wildman–Crippen LogP) is 1.61. The molecule has 3 nitrogen and oxygen atoms in total. The molecule has 0 aromatic heterocycles. The molecule has 3 heteroatoms. The molecule has 2 unspecified atom stereocenters. The Bertz CT molecular complexity index is 193. The van der Waals surface area contributed by atoms with Gasteiger partial charge in [-0.1, -0.05) is 12.8 Å². The maximum Gasteiger partial charge on any atom is 0.0905 e. The quantitative estimate of drug-likeness (QED) is 0.747. The number of rotatable bonds is 4. The van der Waals surface area contributed by atoms with Gasteiger partial charge in [0.05, 0.1) is 17.8 Å². The Morgan fingerprint density at radius 1 is 1.27 bits per heavy atom. The van der Waals surface area contributed by atoms with Crippen LogP contribution in [-0.2, 0) is 4.74 Å². The summed E-state index contributed by atoms with van der Waals surface area (Å²) in [4.78, 5) is 0. The molecule has 2 fully saturated rings. The van der Waals surface area contributed by atoms with Gasteiger partial charge in [0.2, 0.25) is 0 Å². The molecule has 0 bridgehead atoms. The van der Waals surface area contributed by atoms with Crippen molar-refractivity contribution in [1.29, 1.82) is 0 Å².